The molecule has 1 unspecified atom stereocenters. The van der Waals surface area contributed by atoms with Crippen LogP contribution in [0.4, 0.5) is 0 Å². The minimum atomic E-state index is -0.0608. The number of halogens is 3. The molecule has 0 amide bonds. The van der Waals surface area contributed by atoms with Crippen LogP contribution in [0.2, 0.25) is 10.0 Å². The standard InChI is InChI=1S/C12H10BrCl2NO/c1-16-11(8-5-6-17-12(8)13)7-3-2-4-9(14)10(7)15/h2-6,11,16H,1H3. The zero-order valence-electron chi connectivity index (χ0n) is 9.01. The first-order valence-electron chi connectivity index (χ1n) is 4.99. The van der Waals surface area contributed by atoms with E-state index in [4.69, 9.17) is 27.6 Å². The number of hydrogen-bond acceptors (Lipinski definition) is 2. The molecule has 0 saturated carbocycles. The molecule has 90 valence electrons. The SMILES string of the molecule is CNC(c1ccoc1Br)c1cccc(Cl)c1Cl. The average molecular weight is 335 g/mol. The fraction of sp³-hybridized carbons (Fsp3) is 0.167. The van der Waals surface area contributed by atoms with Crippen LogP contribution in [-0.2, 0) is 0 Å². The molecule has 2 nitrogen and oxygen atoms in total. The maximum absolute atomic E-state index is 6.22. The normalized spacial score (nSPS) is 12.7. The number of hydrogen-bond donors (Lipinski definition) is 1. The van der Waals surface area contributed by atoms with Crippen molar-refractivity contribution in [3.05, 3.63) is 56.4 Å². The summed E-state index contributed by atoms with van der Waals surface area (Å²) in [4.78, 5) is 0. The Kier molecular flexibility index (Phi) is 4.15. The topological polar surface area (TPSA) is 25.2 Å². The van der Waals surface area contributed by atoms with Crippen LogP contribution in [0.3, 0.4) is 0 Å². The molecule has 5 heteroatoms. The predicted octanol–water partition coefficient (Wildman–Crippen LogP) is 4.66. The van der Waals surface area contributed by atoms with E-state index in [2.05, 4.69) is 21.2 Å². The van der Waals surface area contributed by atoms with Crippen molar-refractivity contribution in [3.8, 4) is 0 Å². The predicted molar refractivity (Wildman–Crippen MR) is 73.8 cm³/mol. The van der Waals surface area contributed by atoms with Crippen molar-refractivity contribution < 1.29 is 4.42 Å². The summed E-state index contributed by atoms with van der Waals surface area (Å²) in [5.74, 6) is 0. The smallest absolute Gasteiger partial charge is 0.174 e. The molecule has 1 aromatic heterocycles. The first-order valence-corrected chi connectivity index (χ1v) is 6.54. The van der Waals surface area contributed by atoms with Gasteiger partial charge < -0.3 is 9.73 Å². The third kappa shape index (κ3) is 2.52. The highest BCUT2D eigenvalue weighted by Gasteiger charge is 2.20. The summed E-state index contributed by atoms with van der Waals surface area (Å²) in [5, 5.41) is 4.30. The molecule has 17 heavy (non-hydrogen) atoms. The van der Waals surface area contributed by atoms with E-state index >= 15 is 0 Å². The molecule has 0 fully saturated rings. The molecule has 0 aliphatic carbocycles. The van der Waals surface area contributed by atoms with Crippen molar-refractivity contribution in [3.63, 3.8) is 0 Å². The molecule has 0 aliphatic heterocycles. The second-order valence-corrected chi connectivity index (χ2v) is 5.02. The van der Waals surface area contributed by atoms with Crippen LogP contribution in [0.1, 0.15) is 17.2 Å². The molecule has 2 aromatic rings. The van der Waals surface area contributed by atoms with Crippen molar-refractivity contribution in [1.29, 1.82) is 0 Å². The fourth-order valence-corrected chi connectivity index (χ4v) is 2.62. The summed E-state index contributed by atoms with van der Waals surface area (Å²) < 4.78 is 5.93. The first-order chi connectivity index (χ1) is 8.15. The molecule has 1 atom stereocenters. The molecule has 0 bridgehead atoms. The fourth-order valence-electron chi connectivity index (χ4n) is 1.73. The Morgan fingerprint density at radius 3 is 2.59 bits per heavy atom. The van der Waals surface area contributed by atoms with E-state index in [0.717, 1.165) is 11.1 Å². The lowest BCUT2D eigenvalue weighted by atomic mass is 10.0. The van der Waals surface area contributed by atoms with Crippen LogP contribution in [0, 0.1) is 0 Å². The highest BCUT2D eigenvalue weighted by atomic mass is 79.9. The van der Waals surface area contributed by atoms with Gasteiger partial charge in [0.15, 0.2) is 4.67 Å². The van der Waals surface area contributed by atoms with Crippen LogP contribution in [0.5, 0.6) is 0 Å². The lowest BCUT2D eigenvalue weighted by Crippen LogP contribution is -2.17. The average Bonchev–Trinajstić information content (AvgIpc) is 2.72. The zero-order chi connectivity index (χ0) is 12.4. The van der Waals surface area contributed by atoms with E-state index in [1.54, 1.807) is 12.3 Å². The monoisotopic (exact) mass is 333 g/mol. The van der Waals surface area contributed by atoms with Crippen LogP contribution in [0.15, 0.2) is 39.6 Å². The van der Waals surface area contributed by atoms with Gasteiger partial charge in [0.2, 0.25) is 0 Å². The van der Waals surface area contributed by atoms with Crippen molar-refractivity contribution in [2.45, 2.75) is 6.04 Å². The van der Waals surface area contributed by atoms with Crippen LogP contribution >= 0.6 is 39.1 Å². The molecule has 2 rings (SSSR count). The number of benzene rings is 1. The number of nitrogens with one attached hydrogen (secondary N) is 1. The summed E-state index contributed by atoms with van der Waals surface area (Å²) in [6.45, 7) is 0. The maximum atomic E-state index is 6.22. The molecule has 1 heterocycles. The van der Waals surface area contributed by atoms with Crippen molar-refractivity contribution in [1.82, 2.24) is 5.32 Å². The third-order valence-corrected chi connectivity index (χ3v) is 4.02. The Hall–Kier alpha value is -0.480. The lowest BCUT2D eigenvalue weighted by Gasteiger charge is -2.17. The van der Waals surface area contributed by atoms with Gasteiger partial charge >= 0.3 is 0 Å². The Morgan fingerprint density at radius 1 is 1.24 bits per heavy atom. The van der Waals surface area contributed by atoms with Gasteiger partial charge in [-0.1, -0.05) is 35.3 Å². The summed E-state index contributed by atoms with van der Waals surface area (Å²) in [5.41, 5.74) is 1.90. The van der Waals surface area contributed by atoms with Crippen molar-refractivity contribution in [2.24, 2.45) is 0 Å². The van der Waals surface area contributed by atoms with E-state index < -0.39 is 0 Å². The Labute approximate surface area is 118 Å². The summed E-state index contributed by atoms with van der Waals surface area (Å²) in [6.07, 6.45) is 1.63. The van der Waals surface area contributed by atoms with E-state index in [1.165, 1.54) is 0 Å². The van der Waals surface area contributed by atoms with Crippen LogP contribution in [-0.4, -0.2) is 7.05 Å². The van der Waals surface area contributed by atoms with Crippen LogP contribution in [0.25, 0.3) is 0 Å². The number of rotatable bonds is 3. The summed E-state index contributed by atoms with van der Waals surface area (Å²) in [6, 6.07) is 7.42. The van der Waals surface area contributed by atoms with E-state index in [-0.39, 0.29) is 6.04 Å². The zero-order valence-corrected chi connectivity index (χ0v) is 12.1. The highest BCUT2D eigenvalue weighted by Crippen LogP contribution is 2.35. The quantitative estimate of drug-likeness (QED) is 0.883. The minimum Gasteiger partial charge on any atom is -0.457 e. The van der Waals surface area contributed by atoms with Gasteiger partial charge in [-0.2, -0.15) is 0 Å². The second kappa shape index (κ2) is 5.44. The van der Waals surface area contributed by atoms with E-state index in [0.29, 0.717) is 14.7 Å². The molecule has 0 aliphatic rings. The van der Waals surface area contributed by atoms with Crippen molar-refractivity contribution in [2.75, 3.05) is 7.05 Å². The van der Waals surface area contributed by atoms with Gasteiger partial charge in [-0.3, -0.25) is 0 Å². The lowest BCUT2D eigenvalue weighted by molar-refractivity contribution is 0.530. The van der Waals surface area contributed by atoms with Crippen LogP contribution < -0.4 is 5.32 Å². The van der Waals surface area contributed by atoms with Gasteiger partial charge in [-0.05, 0) is 40.7 Å². The molecular weight excluding hydrogens is 325 g/mol. The molecule has 0 spiro atoms. The molecule has 0 saturated heterocycles. The molecule has 1 N–H and O–H groups in total. The Bertz CT molecular complexity index is 527. The van der Waals surface area contributed by atoms with E-state index in [1.807, 2.05) is 25.2 Å². The van der Waals surface area contributed by atoms with Gasteiger partial charge in [0.25, 0.3) is 0 Å². The third-order valence-electron chi connectivity index (χ3n) is 2.54. The number of furan rings is 1. The van der Waals surface area contributed by atoms with E-state index in [9.17, 15) is 0 Å². The van der Waals surface area contributed by atoms with Gasteiger partial charge in [0.05, 0.1) is 22.4 Å². The summed E-state index contributed by atoms with van der Waals surface area (Å²) >= 11 is 15.6. The molecule has 1 aromatic carbocycles. The largest absolute Gasteiger partial charge is 0.457 e. The minimum absolute atomic E-state index is 0.0608. The first kappa shape index (κ1) is 13.0. The van der Waals surface area contributed by atoms with Gasteiger partial charge in [-0.25, -0.2) is 0 Å². The highest BCUT2D eigenvalue weighted by molar-refractivity contribution is 9.10. The van der Waals surface area contributed by atoms with Gasteiger partial charge in [0, 0.05) is 5.56 Å². The molecular formula is C12H10BrCl2NO. The Morgan fingerprint density at radius 2 is 2.00 bits per heavy atom. The van der Waals surface area contributed by atoms with Crippen molar-refractivity contribution >= 4 is 39.1 Å². The van der Waals surface area contributed by atoms with Gasteiger partial charge in [-0.15, -0.1) is 0 Å². The van der Waals surface area contributed by atoms with Gasteiger partial charge in [0.1, 0.15) is 0 Å². The second-order valence-electron chi connectivity index (χ2n) is 3.51. The summed E-state index contributed by atoms with van der Waals surface area (Å²) in [7, 11) is 1.86. The Balaban J connectivity index is 2.50. The molecule has 0 radical (unpaired) electrons. The maximum Gasteiger partial charge on any atom is 0.174 e.